The summed E-state index contributed by atoms with van der Waals surface area (Å²) in [6, 6.07) is 11.6. The third-order valence-corrected chi connectivity index (χ3v) is 5.41. The van der Waals surface area contributed by atoms with E-state index in [4.69, 9.17) is 22.1 Å². The van der Waals surface area contributed by atoms with Crippen LogP contribution in [0.3, 0.4) is 0 Å². The average molecular weight is 493 g/mol. The summed E-state index contributed by atoms with van der Waals surface area (Å²) in [7, 11) is 0. The van der Waals surface area contributed by atoms with Crippen LogP contribution in [0.15, 0.2) is 56.9 Å². The summed E-state index contributed by atoms with van der Waals surface area (Å²) < 4.78 is 6.24. The third kappa shape index (κ3) is 5.22. The molecule has 1 saturated heterocycles. The van der Waals surface area contributed by atoms with Crippen molar-refractivity contribution in [1.29, 1.82) is 0 Å². The molecule has 2 N–H and O–H groups in total. The minimum atomic E-state index is -1.10. The van der Waals surface area contributed by atoms with Crippen molar-refractivity contribution < 1.29 is 24.5 Å². The van der Waals surface area contributed by atoms with Crippen molar-refractivity contribution in [3.63, 3.8) is 0 Å². The van der Waals surface area contributed by atoms with Crippen molar-refractivity contribution in [3.8, 4) is 11.5 Å². The summed E-state index contributed by atoms with van der Waals surface area (Å²) in [6.07, 6.45) is 2.92. The molecule has 7 nitrogen and oxygen atoms in total. The fraction of sp³-hybridized carbons (Fsp3) is 0.0526. The number of phenolic OH excluding ortho intramolecular Hbond substituents is 1. The highest BCUT2D eigenvalue weighted by atomic mass is 79.9. The van der Waals surface area contributed by atoms with Crippen molar-refractivity contribution in [3.05, 3.63) is 63.0 Å². The smallest absolute Gasteiger partial charge is 0.341 e. The molecule has 0 spiro atoms. The second kappa shape index (κ2) is 9.21. The Labute approximate surface area is 183 Å². The zero-order valence-electron chi connectivity index (χ0n) is 14.6. The van der Waals surface area contributed by atoms with Crippen LogP contribution < -0.4 is 4.74 Å². The van der Waals surface area contributed by atoms with Crippen molar-refractivity contribution >= 4 is 68.4 Å². The average Bonchev–Trinajstić information content (AvgIpc) is 2.94. The maximum atomic E-state index is 12.7. The Morgan fingerprint density at radius 2 is 2.03 bits per heavy atom. The molecule has 3 rings (SSSR count). The number of carboxylic acids is 1. The van der Waals surface area contributed by atoms with Crippen LogP contribution >= 0.6 is 39.9 Å². The van der Waals surface area contributed by atoms with E-state index in [1.807, 2.05) is 0 Å². The lowest BCUT2D eigenvalue weighted by Gasteiger charge is -2.08. The normalized spacial score (nSPS) is 15.5. The van der Waals surface area contributed by atoms with Crippen LogP contribution in [0.4, 0.5) is 0 Å². The van der Waals surface area contributed by atoms with Crippen LogP contribution in [-0.2, 0) is 9.59 Å². The predicted molar refractivity (Wildman–Crippen MR) is 118 cm³/mol. The van der Waals surface area contributed by atoms with Gasteiger partial charge in [-0.15, -0.1) is 0 Å². The summed E-state index contributed by atoms with van der Waals surface area (Å²) in [5, 5.41) is 23.8. The lowest BCUT2D eigenvalue weighted by atomic mass is 10.2. The lowest BCUT2D eigenvalue weighted by molar-refractivity contribution is -0.139. The second-order valence-corrected chi connectivity index (χ2v) is 8.25. The maximum Gasteiger partial charge on any atom is 0.341 e. The number of ether oxygens (including phenoxy) is 1. The fourth-order valence-electron chi connectivity index (χ4n) is 2.32. The molecule has 0 bridgehead atoms. The van der Waals surface area contributed by atoms with Crippen LogP contribution in [0.5, 0.6) is 11.5 Å². The number of rotatable bonds is 6. The van der Waals surface area contributed by atoms with Gasteiger partial charge in [-0.1, -0.05) is 45.9 Å². The molecule has 1 amide bonds. The molecule has 0 saturated carbocycles. The van der Waals surface area contributed by atoms with Crippen molar-refractivity contribution in [2.24, 2.45) is 5.10 Å². The molecule has 0 aromatic heterocycles. The van der Waals surface area contributed by atoms with E-state index in [1.54, 1.807) is 42.5 Å². The molecular weight excluding hydrogens is 480 g/mol. The zero-order valence-corrected chi connectivity index (χ0v) is 17.8. The van der Waals surface area contributed by atoms with Crippen LogP contribution in [-0.4, -0.2) is 44.2 Å². The van der Waals surface area contributed by atoms with Gasteiger partial charge in [-0.05, 0) is 42.6 Å². The van der Waals surface area contributed by atoms with E-state index in [0.29, 0.717) is 21.8 Å². The van der Waals surface area contributed by atoms with Gasteiger partial charge in [0.15, 0.2) is 10.9 Å². The van der Waals surface area contributed by atoms with Gasteiger partial charge in [-0.25, -0.2) is 4.79 Å². The summed E-state index contributed by atoms with van der Waals surface area (Å²) in [5.41, 5.74) is 0.965. The molecule has 1 aliphatic heterocycles. The van der Waals surface area contributed by atoms with E-state index in [-0.39, 0.29) is 10.1 Å². The van der Waals surface area contributed by atoms with Crippen LogP contribution in [0.25, 0.3) is 6.08 Å². The first-order chi connectivity index (χ1) is 13.8. The van der Waals surface area contributed by atoms with Crippen molar-refractivity contribution in [2.75, 3.05) is 6.61 Å². The molecule has 1 fully saturated rings. The number of aliphatic carboxylic acids is 1. The summed E-state index contributed by atoms with van der Waals surface area (Å²) >= 11 is 9.61. The first-order valence-corrected chi connectivity index (χ1v) is 10.1. The SMILES string of the molecule is O=C(O)COc1ccccc1C=C1SC(=S)N(/N=C/c2cc(Br)ccc2O)C1=O. The molecule has 0 radical (unpaired) electrons. The number of benzene rings is 2. The number of amides is 1. The lowest BCUT2D eigenvalue weighted by Crippen LogP contribution is -2.22. The Kier molecular flexibility index (Phi) is 6.68. The molecule has 10 heteroatoms. The van der Waals surface area contributed by atoms with E-state index in [0.717, 1.165) is 21.2 Å². The highest BCUT2D eigenvalue weighted by Crippen LogP contribution is 2.34. The molecule has 1 aliphatic rings. The molecule has 29 heavy (non-hydrogen) atoms. The number of carboxylic acid groups (broad SMARTS) is 1. The van der Waals surface area contributed by atoms with Crippen molar-refractivity contribution in [1.82, 2.24) is 5.01 Å². The standard InChI is InChI=1S/C19H13BrN2O5S2/c20-13-5-6-14(23)12(7-13)9-21-22-18(26)16(29-19(22)28)8-11-3-1-2-4-15(11)27-10-17(24)25/h1-9,23H,10H2,(H,24,25)/b16-8?,21-9+. The van der Waals surface area contributed by atoms with Crippen LogP contribution in [0, 0.1) is 0 Å². The number of phenols is 1. The molecule has 0 unspecified atom stereocenters. The molecule has 0 atom stereocenters. The monoisotopic (exact) mass is 492 g/mol. The van der Waals surface area contributed by atoms with E-state index in [2.05, 4.69) is 21.0 Å². The largest absolute Gasteiger partial charge is 0.507 e. The number of hydrogen-bond acceptors (Lipinski definition) is 7. The van der Waals surface area contributed by atoms with Crippen molar-refractivity contribution in [2.45, 2.75) is 0 Å². The minimum absolute atomic E-state index is 0.0161. The van der Waals surface area contributed by atoms with Gasteiger partial charge in [0, 0.05) is 15.6 Å². The molecule has 1 heterocycles. The van der Waals surface area contributed by atoms with E-state index in [9.17, 15) is 14.7 Å². The van der Waals surface area contributed by atoms with Gasteiger partial charge >= 0.3 is 5.97 Å². The first kappa shape index (κ1) is 21.0. The van der Waals surface area contributed by atoms with Gasteiger partial charge in [0.05, 0.1) is 11.1 Å². The van der Waals surface area contributed by atoms with Gasteiger partial charge in [-0.2, -0.15) is 10.1 Å². The van der Waals surface area contributed by atoms with Crippen LogP contribution in [0.2, 0.25) is 0 Å². The van der Waals surface area contributed by atoms with Gasteiger partial charge < -0.3 is 14.9 Å². The number of nitrogens with zero attached hydrogens (tertiary/aromatic N) is 2. The second-order valence-electron chi connectivity index (χ2n) is 5.66. The van der Waals surface area contributed by atoms with Gasteiger partial charge in [0.2, 0.25) is 0 Å². The van der Waals surface area contributed by atoms with Gasteiger partial charge in [-0.3, -0.25) is 4.79 Å². The van der Waals surface area contributed by atoms with E-state index in [1.165, 1.54) is 12.3 Å². The number of thioether (sulfide) groups is 1. The summed E-state index contributed by atoms with van der Waals surface area (Å²) in [5.74, 6) is -1.18. The Balaban J connectivity index is 1.83. The molecular formula is C19H13BrN2O5S2. The number of hydrogen-bond donors (Lipinski definition) is 2. The zero-order chi connectivity index (χ0) is 21.0. The maximum absolute atomic E-state index is 12.7. The fourth-order valence-corrected chi connectivity index (χ4v) is 3.86. The Hall–Kier alpha value is -2.69. The number of carbonyl (C=O) groups excluding carboxylic acids is 1. The summed E-state index contributed by atoms with van der Waals surface area (Å²) in [6.45, 7) is -0.494. The molecule has 148 valence electrons. The highest BCUT2D eigenvalue weighted by Gasteiger charge is 2.32. The van der Waals surface area contributed by atoms with Gasteiger partial charge in [0.1, 0.15) is 11.5 Å². The first-order valence-electron chi connectivity index (χ1n) is 8.09. The molecule has 2 aromatic rings. The highest BCUT2D eigenvalue weighted by molar-refractivity contribution is 9.10. The quantitative estimate of drug-likeness (QED) is 0.358. The molecule has 0 aliphatic carbocycles. The number of hydrazone groups is 1. The Morgan fingerprint density at radius 3 is 2.79 bits per heavy atom. The Morgan fingerprint density at radius 1 is 1.28 bits per heavy atom. The minimum Gasteiger partial charge on any atom is -0.507 e. The van der Waals surface area contributed by atoms with E-state index < -0.39 is 18.5 Å². The Bertz CT molecular complexity index is 1050. The number of halogens is 1. The number of thiocarbonyl (C=S) groups is 1. The predicted octanol–water partition coefficient (Wildman–Crippen LogP) is 3.85. The number of carbonyl (C=O) groups is 2. The van der Waals surface area contributed by atoms with Gasteiger partial charge in [0.25, 0.3) is 5.91 Å². The molecule has 2 aromatic carbocycles. The number of para-hydroxylation sites is 1. The number of aromatic hydroxyl groups is 1. The van der Waals surface area contributed by atoms with Crippen LogP contribution in [0.1, 0.15) is 11.1 Å². The summed E-state index contributed by atoms with van der Waals surface area (Å²) in [4.78, 5) is 23.8. The van der Waals surface area contributed by atoms with E-state index >= 15 is 0 Å². The topological polar surface area (TPSA) is 99.4 Å². The third-order valence-electron chi connectivity index (χ3n) is 3.63.